The number of allylic oxidation sites excluding steroid dienone is 2. The molecule has 1 aromatic rings. The van der Waals surface area contributed by atoms with Crippen molar-refractivity contribution in [3.05, 3.63) is 58.7 Å². The van der Waals surface area contributed by atoms with E-state index in [1.807, 2.05) is 4.90 Å². The van der Waals surface area contributed by atoms with Gasteiger partial charge in [-0.05, 0) is 48.3 Å². The normalized spacial score (nSPS) is 24.9. The predicted molar refractivity (Wildman–Crippen MR) is 129 cm³/mol. The second-order valence-electron chi connectivity index (χ2n) is 9.60. The summed E-state index contributed by atoms with van der Waals surface area (Å²) in [6, 6.07) is 0.564. The van der Waals surface area contributed by atoms with E-state index in [9.17, 15) is 35.5 Å². The zero-order chi connectivity index (χ0) is 29.1. The quantitative estimate of drug-likeness (QED) is 0.357. The highest BCUT2D eigenvalue weighted by molar-refractivity contribution is 5.93. The van der Waals surface area contributed by atoms with Crippen LogP contribution in [0.2, 0.25) is 0 Å². The van der Waals surface area contributed by atoms with Crippen molar-refractivity contribution in [2.24, 2.45) is 5.92 Å². The molecule has 1 amide bonds. The van der Waals surface area contributed by atoms with Gasteiger partial charge in [0.15, 0.2) is 6.29 Å². The Hall–Kier alpha value is -2.88. The molecule has 0 N–H and O–H groups in total. The van der Waals surface area contributed by atoms with Crippen molar-refractivity contribution >= 4 is 5.91 Å². The van der Waals surface area contributed by atoms with Crippen LogP contribution in [-0.2, 0) is 26.6 Å². The first-order chi connectivity index (χ1) is 18.1. The second kappa shape index (κ2) is 12.1. The van der Waals surface area contributed by atoms with Crippen LogP contribution in [0, 0.1) is 17.8 Å². The van der Waals surface area contributed by atoms with Gasteiger partial charge in [-0.3, -0.25) is 9.69 Å². The average Bonchev–Trinajstić information content (AvgIpc) is 2.84. The van der Waals surface area contributed by atoms with E-state index in [1.165, 1.54) is 17.9 Å². The number of rotatable bonds is 5. The third-order valence-electron chi connectivity index (χ3n) is 6.38. The summed E-state index contributed by atoms with van der Waals surface area (Å²) in [6.45, 7) is 3.53. The Morgan fingerprint density at radius 1 is 1.15 bits per heavy atom. The highest BCUT2D eigenvalue weighted by Crippen LogP contribution is 2.39. The number of ether oxygens (including phenoxy) is 2. The lowest BCUT2D eigenvalue weighted by molar-refractivity contribution is -0.217. The summed E-state index contributed by atoms with van der Waals surface area (Å²) in [5.41, 5.74) is -2.65. The van der Waals surface area contributed by atoms with Crippen molar-refractivity contribution < 1.29 is 45.0 Å². The van der Waals surface area contributed by atoms with Crippen LogP contribution in [0.5, 0.6) is 0 Å². The van der Waals surface area contributed by atoms with Gasteiger partial charge in [0.25, 0.3) is 5.91 Å². The first kappa shape index (κ1) is 30.7. The SMILES string of the molecule is CC1C=C([C@H]2[C@@H](O[C@H](C)c3cc(C(F)(F)F)cc(C(F)(F)F)c3)OCCN2CC#CC(=O)N(C)C)C=CC1F. The maximum absolute atomic E-state index is 14.1. The average molecular weight is 563 g/mol. The molecular weight excluding hydrogens is 533 g/mol. The smallest absolute Gasteiger partial charge is 0.349 e. The lowest BCUT2D eigenvalue weighted by atomic mass is 9.91. The second-order valence-corrected chi connectivity index (χ2v) is 9.60. The molecule has 0 aromatic heterocycles. The van der Waals surface area contributed by atoms with Gasteiger partial charge in [0, 0.05) is 26.6 Å². The van der Waals surface area contributed by atoms with E-state index in [0.29, 0.717) is 24.3 Å². The molecule has 0 bridgehead atoms. The third kappa shape index (κ3) is 7.84. The Bertz CT molecular complexity index is 1130. The summed E-state index contributed by atoms with van der Waals surface area (Å²) >= 11 is 0. The van der Waals surface area contributed by atoms with Gasteiger partial charge < -0.3 is 14.4 Å². The lowest BCUT2D eigenvalue weighted by Crippen LogP contribution is -2.53. The number of carbonyl (C=O) groups excluding carboxylic acids is 1. The molecule has 39 heavy (non-hydrogen) atoms. The number of hydrogen-bond acceptors (Lipinski definition) is 4. The fraction of sp³-hybridized carbons (Fsp3) is 0.519. The van der Waals surface area contributed by atoms with Crippen LogP contribution in [0.3, 0.4) is 0 Å². The number of morpholine rings is 1. The van der Waals surface area contributed by atoms with E-state index in [2.05, 4.69) is 11.8 Å². The van der Waals surface area contributed by atoms with Crippen LogP contribution in [0.1, 0.15) is 36.6 Å². The molecule has 1 aliphatic carbocycles. The highest BCUT2D eigenvalue weighted by Gasteiger charge is 2.40. The molecule has 0 spiro atoms. The molecule has 2 unspecified atom stereocenters. The van der Waals surface area contributed by atoms with E-state index in [4.69, 9.17) is 9.47 Å². The molecular formula is C27H29F7N2O3. The minimum atomic E-state index is -5.00. The monoisotopic (exact) mass is 562 g/mol. The Morgan fingerprint density at radius 3 is 2.31 bits per heavy atom. The number of benzene rings is 1. The standard InChI is InChI=1S/C27H29F7N2O3/c1-16-12-18(7-8-22(16)28)24-25(38-11-10-36(24)9-5-6-23(37)35(3)4)39-17(2)19-13-20(26(29,30)31)15-21(14-19)27(32,33)34/h7-8,12-17,22,24-25H,9-11H2,1-4H3/t16?,17-,22?,24+,25-/m1/s1. The molecule has 5 nitrogen and oxygen atoms in total. The maximum atomic E-state index is 14.1. The molecule has 0 saturated carbocycles. The molecule has 1 fully saturated rings. The van der Waals surface area contributed by atoms with Gasteiger partial charge >= 0.3 is 12.4 Å². The van der Waals surface area contributed by atoms with Gasteiger partial charge in [0.05, 0.1) is 36.4 Å². The number of hydrogen-bond donors (Lipinski definition) is 0. The van der Waals surface area contributed by atoms with Gasteiger partial charge in [-0.15, -0.1) is 0 Å². The van der Waals surface area contributed by atoms with E-state index in [-0.39, 0.29) is 24.8 Å². The minimum Gasteiger partial charge on any atom is -0.349 e. The summed E-state index contributed by atoms with van der Waals surface area (Å²) in [5, 5.41) is 0. The number of amides is 1. The van der Waals surface area contributed by atoms with Crippen molar-refractivity contribution in [2.75, 3.05) is 33.8 Å². The summed E-state index contributed by atoms with van der Waals surface area (Å²) in [5.74, 6) is 4.36. The van der Waals surface area contributed by atoms with E-state index < -0.39 is 59.9 Å². The Labute approximate surface area is 222 Å². The van der Waals surface area contributed by atoms with E-state index in [0.717, 1.165) is 0 Å². The van der Waals surface area contributed by atoms with E-state index >= 15 is 0 Å². The van der Waals surface area contributed by atoms with Crippen LogP contribution in [0.25, 0.3) is 0 Å². The summed E-state index contributed by atoms with van der Waals surface area (Å²) in [6.07, 6.45) is -9.04. The zero-order valence-electron chi connectivity index (χ0n) is 21.7. The first-order valence-electron chi connectivity index (χ1n) is 12.1. The van der Waals surface area contributed by atoms with Crippen LogP contribution >= 0.6 is 0 Å². The molecule has 1 saturated heterocycles. The Kier molecular flexibility index (Phi) is 9.51. The van der Waals surface area contributed by atoms with Gasteiger partial charge in [-0.1, -0.05) is 25.0 Å². The summed E-state index contributed by atoms with van der Waals surface area (Å²) in [7, 11) is 3.09. The Morgan fingerprint density at radius 2 is 1.77 bits per heavy atom. The number of alkyl halides is 7. The number of carbonyl (C=O) groups is 1. The van der Waals surface area contributed by atoms with Crippen molar-refractivity contribution in [3.8, 4) is 11.8 Å². The topological polar surface area (TPSA) is 42.0 Å². The highest BCUT2D eigenvalue weighted by atomic mass is 19.4. The summed E-state index contributed by atoms with van der Waals surface area (Å²) < 4.78 is 106. The first-order valence-corrected chi connectivity index (χ1v) is 12.1. The number of halogens is 7. The zero-order valence-corrected chi connectivity index (χ0v) is 21.7. The fourth-order valence-electron chi connectivity index (χ4n) is 4.20. The van der Waals surface area contributed by atoms with Crippen LogP contribution in [-0.4, -0.2) is 68.0 Å². The van der Waals surface area contributed by atoms with E-state index in [1.54, 1.807) is 33.2 Å². The van der Waals surface area contributed by atoms with Crippen LogP contribution in [0.4, 0.5) is 30.7 Å². The van der Waals surface area contributed by atoms with Crippen molar-refractivity contribution in [3.63, 3.8) is 0 Å². The molecule has 1 aliphatic heterocycles. The molecule has 214 valence electrons. The molecule has 12 heteroatoms. The van der Waals surface area contributed by atoms with Gasteiger partial charge in [-0.25, -0.2) is 4.39 Å². The number of nitrogens with zero attached hydrogens (tertiary/aromatic N) is 2. The van der Waals surface area contributed by atoms with Gasteiger partial charge in [0.1, 0.15) is 6.17 Å². The molecule has 1 heterocycles. The molecule has 5 atom stereocenters. The van der Waals surface area contributed by atoms with Gasteiger partial charge in [0.2, 0.25) is 0 Å². The Balaban J connectivity index is 1.95. The van der Waals surface area contributed by atoms with Crippen LogP contribution < -0.4 is 0 Å². The summed E-state index contributed by atoms with van der Waals surface area (Å²) in [4.78, 5) is 15.0. The minimum absolute atomic E-state index is 0.0535. The lowest BCUT2D eigenvalue weighted by Gasteiger charge is -2.42. The van der Waals surface area contributed by atoms with Gasteiger partial charge in [-0.2, -0.15) is 26.3 Å². The maximum Gasteiger partial charge on any atom is 0.416 e. The third-order valence-corrected chi connectivity index (χ3v) is 6.38. The molecule has 0 radical (unpaired) electrons. The molecule has 1 aromatic carbocycles. The van der Waals surface area contributed by atoms with Crippen molar-refractivity contribution in [2.45, 2.75) is 50.8 Å². The fourth-order valence-corrected chi connectivity index (χ4v) is 4.20. The molecule has 3 rings (SSSR count). The largest absolute Gasteiger partial charge is 0.416 e. The van der Waals surface area contributed by atoms with Crippen molar-refractivity contribution in [1.29, 1.82) is 0 Å². The molecule has 2 aliphatic rings. The predicted octanol–water partition coefficient (Wildman–Crippen LogP) is 5.39. The van der Waals surface area contributed by atoms with Crippen molar-refractivity contribution in [1.82, 2.24) is 9.80 Å². The van der Waals surface area contributed by atoms with Crippen LogP contribution in [0.15, 0.2) is 42.0 Å².